The van der Waals surface area contributed by atoms with E-state index >= 15 is 0 Å². The van der Waals surface area contributed by atoms with Gasteiger partial charge in [-0.05, 0) is 63.1 Å². The second-order valence-electron chi connectivity index (χ2n) is 8.86. The Kier molecular flexibility index (Phi) is 5.80. The Bertz CT molecular complexity index is 1560. The molecule has 0 bridgehead atoms. The predicted molar refractivity (Wildman–Crippen MR) is 141 cm³/mol. The third kappa shape index (κ3) is 3.95. The molecule has 5 rings (SSSR count). The number of para-hydroxylation sites is 1. The highest BCUT2D eigenvalue weighted by molar-refractivity contribution is 5.91. The zero-order valence-electron chi connectivity index (χ0n) is 20.2. The van der Waals surface area contributed by atoms with Gasteiger partial charge in [0.2, 0.25) is 0 Å². The van der Waals surface area contributed by atoms with Crippen LogP contribution in [0.4, 0.5) is 17.1 Å². The van der Waals surface area contributed by atoms with E-state index in [9.17, 15) is 14.4 Å². The maximum Gasteiger partial charge on any atom is 0.337 e. The lowest BCUT2D eigenvalue weighted by molar-refractivity contribution is 0.637. The molecule has 1 aliphatic carbocycles. The van der Waals surface area contributed by atoms with Crippen molar-refractivity contribution in [1.82, 2.24) is 13.7 Å². The molecule has 0 aliphatic heterocycles. The largest absolute Gasteiger partial charge is 0.372 e. The van der Waals surface area contributed by atoms with Gasteiger partial charge in [-0.2, -0.15) is 0 Å². The number of hydrogen-bond donors (Lipinski definition) is 1. The molecular weight excluding hydrogens is 442 g/mol. The van der Waals surface area contributed by atoms with Crippen molar-refractivity contribution in [1.29, 1.82) is 0 Å². The Labute approximate surface area is 202 Å². The van der Waals surface area contributed by atoms with E-state index in [0.29, 0.717) is 16.8 Å². The summed E-state index contributed by atoms with van der Waals surface area (Å²) in [6, 6.07) is 18.3. The van der Waals surface area contributed by atoms with Gasteiger partial charge in [-0.25, -0.2) is 9.36 Å². The van der Waals surface area contributed by atoms with E-state index in [-0.39, 0.29) is 22.8 Å². The van der Waals surface area contributed by atoms with Crippen molar-refractivity contribution in [2.24, 2.45) is 7.05 Å². The Morgan fingerprint density at radius 1 is 0.943 bits per heavy atom. The number of hydrogen-bond acceptors (Lipinski definition) is 5. The molecule has 35 heavy (non-hydrogen) atoms. The summed E-state index contributed by atoms with van der Waals surface area (Å²) in [4.78, 5) is 42.5. The molecule has 180 valence electrons. The number of fused-ring (bicyclic) bond motifs is 1. The van der Waals surface area contributed by atoms with E-state index in [0.717, 1.165) is 37.3 Å². The topological polar surface area (TPSA) is 81.3 Å². The number of pyridine rings is 1. The molecule has 0 spiro atoms. The molecule has 2 aromatic heterocycles. The Balaban J connectivity index is 1.75. The number of aromatic nitrogens is 3. The van der Waals surface area contributed by atoms with Crippen LogP contribution in [0.15, 0.2) is 75.0 Å². The average molecular weight is 472 g/mol. The van der Waals surface area contributed by atoms with Gasteiger partial charge in [-0.15, -0.1) is 0 Å². The van der Waals surface area contributed by atoms with Gasteiger partial charge in [0.15, 0.2) is 0 Å². The van der Waals surface area contributed by atoms with Crippen LogP contribution >= 0.6 is 0 Å². The first kappa shape index (κ1) is 22.7. The smallest absolute Gasteiger partial charge is 0.337 e. The second-order valence-corrected chi connectivity index (χ2v) is 8.86. The first-order valence-corrected chi connectivity index (χ1v) is 12.0. The molecule has 2 heterocycles. The number of rotatable bonds is 7. The summed E-state index contributed by atoms with van der Waals surface area (Å²) in [5.41, 5.74) is 2.01. The summed E-state index contributed by atoms with van der Waals surface area (Å²) in [5.74, 6) is 0. The maximum atomic E-state index is 13.7. The van der Waals surface area contributed by atoms with Crippen LogP contribution in [0.5, 0.6) is 0 Å². The molecule has 1 N–H and O–H groups in total. The van der Waals surface area contributed by atoms with E-state index in [1.165, 1.54) is 19.8 Å². The fraction of sp³-hybridized carbons (Fsp3) is 0.296. The minimum absolute atomic E-state index is 0.118. The summed E-state index contributed by atoms with van der Waals surface area (Å²) in [5, 5.41) is 3.60. The zero-order valence-corrected chi connectivity index (χ0v) is 20.2. The van der Waals surface area contributed by atoms with Crippen LogP contribution in [-0.4, -0.2) is 26.8 Å². The van der Waals surface area contributed by atoms with Crippen molar-refractivity contribution in [3.8, 4) is 5.69 Å². The lowest BCUT2D eigenvalue weighted by Gasteiger charge is -2.21. The van der Waals surface area contributed by atoms with Gasteiger partial charge in [-0.1, -0.05) is 18.2 Å². The van der Waals surface area contributed by atoms with Gasteiger partial charge >= 0.3 is 5.69 Å². The molecular formula is C27H29N5O3. The van der Waals surface area contributed by atoms with Crippen molar-refractivity contribution < 1.29 is 0 Å². The molecule has 0 radical (unpaired) electrons. The fourth-order valence-electron chi connectivity index (χ4n) is 4.63. The molecule has 4 aromatic rings. The van der Waals surface area contributed by atoms with Crippen molar-refractivity contribution in [3.63, 3.8) is 0 Å². The number of nitrogens with zero attached hydrogens (tertiary/aromatic N) is 4. The number of anilines is 3. The first-order valence-electron chi connectivity index (χ1n) is 12.0. The number of nitrogens with one attached hydrogen (secondary N) is 1. The molecule has 8 nitrogen and oxygen atoms in total. The third-order valence-corrected chi connectivity index (χ3v) is 6.65. The summed E-state index contributed by atoms with van der Waals surface area (Å²) >= 11 is 0. The van der Waals surface area contributed by atoms with E-state index in [4.69, 9.17) is 0 Å². The summed E-state index contributed by atoms with van der Waals surface area (Å²) in [6.45, 7) is 6.03. The molecule has 0 unspecified atom stereocenters. The summed E-state index contributed by atoms with van der Waals surface area (Å²) in [6.07, 6.45) is 1.58. The molecule has 0 atom stereocenters. The van der Waals surface area contributed by atoms with Crippen LogP contribution < -0.4 is 27.0 Å². The van der Waals surface area contributed by atoms with Crippen molar-refractivity contribution in [2.75, 3.05) is 23.3 Å². The number of benzene rings is 2. The van der Waals surface area contributed by atoms with Gasteiger partial charge in [0, 0.05) is 43.6 Å². The van der Waals surface area contributed by atoms with Gasteiger partial charge < -0.3 is 10.2 Å². The van der Waals surface area contributed by atoms with E-state index in [1.807, 2.05) is 42.5 Å². The molecule has 2 aromatic carbocycles. The molecule has 8 heteroatoms. The van der Waals surface area contributed by atoms with E-state index in [1.54, 1.807) is 19.2 Å². The zero-order chi connectivity index (χ0) is 24.7. The SMILES string of the molecule is CCN(CC)c1ccc(Nc2cc(=O)n(C)c3c2c(=O)n(C2CC2)c(=O)n3-c2ccccc2)cc1. The highest BCUT2D eigenvalue weighted by Gasteiger charge is 2.30. The van der Waals surface area contributed by atoms with Crippen LogP contribution in [0.3, 0.4) is 0 Å². The molecule has 1 aliphatic rings. The lowest BCUT2D eigenvalue weighted by Crippen LogP contribution is -2.41. The third-order valence-electron chi connectivity index (χ3n) is 6.65. The van der Waals surface area contributed by atoms with E-state index < -0.39 is 5.69 Å². The van der Waals surface area contributed by atoms with Gasteiger partial charge in [0.25, 0.3) is 11.1 Å². The highest BCUT2D eigenvalue weighted by atomic mass is 16.2. The first-order chi connectivity index (χ1) is 16.9. The van der Waals surface area contributed by atoms with Crippen LogP contribution in [0, 0.1) is 0 Å². The number of aryl methyl sites for hydroxylation is 1. The Hall–Kier alpha value is -4.07. The summed E-state index contributed by atoms with van der Waals surface area (Å²) in [7, 11) is 1.59. The van der Waals surface area contributed by atoms with Gasteiger partial charge in [0.1, 0.15) is 11.0 Å². The average Bonchev–Trinajstić information content (AvgIpc) is 3.70. The monoisotopic (exact) mass is 471 g/mol. The fourth-order valence-corrected chi connectivity index (χ4v) is 4.63. The van der Waals surface area contributed by atoms with Gasteiger partial charge in [0.05, 0.1) is 11.4 Å². The van der Waals surface area contributed by atoms with Crippen molar-refractivity contribution in [2.45, 2.75) is 32.7 Å². The normalized spacial score (nSPS) is 13.2. The molecule has 0 amide bonds. The standard InChI is InChI=1S/C27H29N5O3/c1-4-30(5-2)19-13-11-18(12-14-19)28-22-17-23(33)29(3)25-24(22)26(34)32(21-15-16-21)27(35)31(25)20-9-7-6-8-10-20/h6-14,17,21,28H,4-5,15-16H2,1-3H3. The second kappa shape index (κ2) is 8.94. The van der Waals surface area contributed by atoms with Crippen molar-refractivity contribution >= 4 is 28.1 Å². The molecule has 1 fully saturated rings. The van der Waals surface area contributed by atoms with Crippen molar-refractivity contribution in [3.05, 3.63) is 91.9 Å². The minimum atomic E-state index is -0.424. The van der Waals surface area contributed by atoms with Crippen LogP contribution in [-0.2, 0) is 7.05 Å². The van der Waals surface area contributed by atoms with Gasteiger partial charge in [-0.3, -0.25) is 18.7 Å². The van der Waals surface area contributed by atoms with Crippen LogP contribution in [0.25, 0.3) is 16.7 Å². The Morgan fingerprint density at radius 2 is 1.60 bits per heavy atom. The maximum absolute atomic E-state index is 13.7. The molecule has 1 saturated carbocycles. The summed E-state index contributed by atoms with van der Waals surface area (Å²) < 4.78 is 4.19. The van der Waals surface area contributed by atoms with Crippen LogP contribution in [0.2, 0.25) is 0 Å². The quantitative estimate of drug-likeness (QED) is 0.444. The lowest BCUT2D eigenvalue weighted by atomic mass is 10.2. The van der Waals surface area contributed by atoms with Crippen LogP contribution in [0.1, 0.15) is 32.7 Å². The highest BCUT2D eigenvalue weighted by Crippen LogP contribution is 2.33. The molecule has 0 saturated heterocycles. The Morgan fingerprint density at radius 3 is 2.20 bits per heavy atom. The minimum Gasteiger partial charge on any atom is -0.372 e. The van der Waals surface area contributed by atoms with E-state index in [2.05, 4.69) is 24.1 Å². The predicted octanol–water partition coefficient (Wildman–Crippen LogP) is 3.78.